The van der Waals surface area contributed by atoms with Crippen LogP contribution in [-0.4, -0.2) is 9.97 Å². The molecule has 0 unspecified atom stereocenters. The highest BCUT2D eigenvalue weighted by molar-refractivity contribution is 6.28. The molecule has 3 heteroatoms. The van der Waals surface area contributed by atoms with E-state index in [4.69, 9.17) is 0 Å². The first-order chi connectivity index (χ1) is 31.3. The van der Waals surface area contributed by atoms with Gasteiger partial charge in [0.25, 0.3) is 0 Å². The molecule has 0 radical (unpaired) electrons. The van der Waals surface area contributed by atoms with E-state index in [-0.39, 0.29) is 0 Å². The van der Waals surface area contributed by atoms with E-state index < -0.39 is 0 Å². The van der Waals surface area contributed by atoms with E-state index in [0.29, 0.717) is 0 Å². The highest BCUT2D eigenvalue weighted by Gasteiger charge is 2.31. The summed E-state index contributed by atoms with van der Waals surface area (Å²) < 4.78 is 0. The van der Waals surface area contributed by atoms with Crippen LogP contribution >= 0.6 is 0 Å². The predicted octanol–water partition coefficient (Wildman–Crippen LogP) is 16.2. The van der Waals surface area contributed by atoms with Crippen molar-refractivity contribution in [2.24, 2.45) is 0 Å². The Labute approximate surface area is 366 Å². The predicted molar refractivity (Wildman–Crippen MR) is 263 cm³/mol. The van der Waals surface area contributed by atoms with Crippen LogP contribution in [0.3, 0.4) is 0 Å². The molecule has 12 rings (SSSR count). The fourth-order valence-electron chi connectivity index (χ4n) is 9.82. The Morgan fingerprint density at radius 2 is 0.746 bits per heavy atom. The van der Waals surface area contributed by atoms with E-state index in [9.17, 15) is 0 Å². The first-order valence-corrected chi connectivity index (χ1v) is 21.5. The SMILES string of the molecule is c1ccc(-c2c3c(c(-c4ccccc4)c4ccccc24)-c2ccc(-c4ccc(N(c5ccccc5)c5cc(-c6cccnc6)cc(-c6cccnc6)c5)cc4)c4cccc-3c24)cc1. The lowest BCUT2D eigenvalue weighted by atomic mass is 9.82. The second-order valence-corrected chi connectivity index (χ2v) is 16.1. The fraction of sp³-hybridized carbons (Fsp3) is 0. The second kappa shape index (κ2) is 15.3. The molecule has 2 aromatic heterocycles. The number of para-hydroxylation sites is 1. The maximum atomic E-state index is 4.46. The van der Waals surface area contributed by atoms with Crippen LogP contribution in [-0.2, 0) is 0 Å². The first-order valence-electron chi connectivity index (χ1n) is 21.5. The summed E-state index contributed by atoms with van der Waals surface area (Å²) in [6.45, 7) is 0. The summed E-state index contributed by atoms with van der Waals surface area (Å²) in [5, 5.41) is 5.09. The molecule has 63 heavy (non-hydrogen) atoms. The zero-order chi connectivity index (χ0) is 41.7. The molecule has 2 heterocycles. The molecule has 3 nitrogen and oxygen atoms in total. The van der Waals surface area contributed by atoms with Gasteiger partial charge in [0.05, 0.1) is 0 Å². The van der Waals surface area contributed by atoms with Crippen LogP contribution in [0.15, 0.2) is 237 Å². The molecule has 0 atom stereocenters. The van der Waals surface area contributed by atoms with E-state index in [1.54, 1.807) is 0 Å². The number of hydrogen-bond acceptors (Lipinski definition) is 3. The molecule has 294 valence electrons. The molecular formula is C60H39N3. The van der Waals surface area contributed by atoms with E-state index in [0.717, 1.165) is 39.3 Å². The normalized spacial score (nSPS) is 11.5. The zero-order valence-electron chi connectivity index (χ0n) is 34.4. The summed E-state index contributed by atoms with van der Waals surface area (Å²) in [4.78, 5) is 11.3. The average Bonchev–Trinajstić information content (AvgIpc) is 3.69. The lowest BCUT2D eigenvalue weighted by molar-refractivity contribution is 1.28. The second-order valence-electron chi connectivity index (χ2n) is 16.1. The molecule has 0 saturated carbocycles. The number of hydrogen-bond donors (Lipinski definition) is 0. The Morgan fingerprint density at radius 1 is 0.270 bits per heavy atom. The Kier molecular flexibility index (Phi) is 8.83. The Hall–Kier alpha value is -8.40. The minimum absolute atomic E-state index is 1.05. The van der Waals surface area contributed by atoms with Crippen molar-refractivity contribution in [3.8, 4) is 77.9 Å². The van der Waals surface area contributed by atoms with Crippen LogP contribution in [0.5, 0.6) is 0 Å². The Morgan fingerprint density at radius 3 is 1.30 bits per heavy atom. The molecule has 0 fully saturated rings. The smallest absolute Gasteiger partial charge is 0.0473 e. The van der Waals surface area contributed by atoms with Crippen LogP contribution in [0.2, 0.25) is 0 Å². The maximum absolute atomic E-state index is 4.46. The van der Waals surface area contributed by atoms with Crippen molar-refractivity contribution in [1.29, 1.82) is 0 Å². The monoisotopic (exact) mass is 801 g/mol. The number of pyridine rings is 2. The van der Waals surface area contributed by atoms with Crippen molar-refractivity contribution < 1.29 is 0 Å². The Balaban J connectivity index is 1.03. The molecule has 0 aliphatic heterocycles. The molecule has 0 saturated heterocycles. The van der Waals surface area contributed by atoms with Gasteiger partial charge in [0, 0.05) is 53.0 Å². The number of fused-ring (bicyclic) bond motifs is 4. The number of nitrogens with zero attached hydrogens (tertiary/aromatic N) is 3. The van der Waals surface area contributed by atoms with Gasteiger partial charge in [-0.25, -0.2) is 0 Å². The van der Waals surface area contributed by atoms with Crippen LogP contribution in [0.25, 0.3) is 99.4 Å². The minimum atomic E-state index is 1.05. The molecule has 1 aliphatic rings. The van der Waals surface area contributed by atoms with Crippen LogP contribution in [0, 0.1) is 0 Å². The highest BCUT2D eigenvalue weighted by atomic mass is 15.1. The quantitative estimate of drug-likeness (QED) is 0.153. The molecule has 0 amide bonds. The van der Waals surface area contributed by atoms with Crippen molar-refractivity contribution in [2.75, 3.05) is 4.90 Å². The number of anilines is 3. The molecule has 11 aromatic rings. The van der Waals surface area contributed by atoms with E-state index >= 15 is 0 Å². The number of benzene rings is 9. The van der Waals surface area contributed by atoms with Gasteiger partial charge in [-0.15, -0.1) is 0 Å². The van der Waals surface area contributed by atoms with Gasteiger partial charge in [-0.05, 0) is 143 Å². The summed E-state index contributed by atoms with van der Waals surface area (Å²) in [6, 6.07) is 77.1. The van der Waals surface area contributed by atoms with Gasteiger partial charge in [0.2, 0.25) is 0 Å². The van der Waals surface area contributed by atoms with E-state index in [2.05, 4.69) is 215 Å². The molecular weight excluding hydrogens is 763 g/mol. The van der Waals surface area contributed by atoms with Gasteiger partial charge < -0.3 is 4.90 Å². The van der Waals surface area contributed by atoms with Crippen molar-refractivity contribution in [3.63, 3.8) is 0 Å². The maximum Gasteiger partial charge on any atom is 0.0473 e. The third-order valence-corrected chi connectivity index (χ3v) is 12.5. The topological polar surface area (TPSA) is 29.0 Å². The summed E-state index contributed by atoms with van der Waals surface area (Å²) in [5.74, 6) is 0. The van der Waals surface area contributed by atoms with Gasteiger partial charge in [0.1, 0.15) is 0 Å². The average molecular weight is 802 g/mol. The molecule has 0 bridgehead atoms. The summed E-state index contributed by atoms with van der Waals surface area (Å²) >= 11 is 0. The van der Waals surface area contributed by atoms with Crippen molar-refractivity contribution in [1.82, 2.24) is 9.97 Å². The summed E-state index contributed by atoms with van der Waals surface area (Å²) in [5.41, 5.74) is 20.1. The van der Waals surface area contributed by atoms with Gasteiger partial charge in [-0.2, -0.15) is 0 Å². The molecule has 1 aliphatic carbocycles. The van der Waals surface area contributed by atoms with Crippen LogP contribution in [0.4, 0.5) is 17.1 Å². The van der Waals surface area contributed by atoms with Crippen molar-refractivity contribution >= 4 is 38.6 Å². The van der Waals surface area contributed by atoms with Gasteiger partial charge in [-0.1, -0.05) is 158 Å². The minimum Gasteiger partial charge on any atom is -0.310 e. The number of aromatic nitrogens is 2. The fourth-order valence-corrected chi connectivity index (χ4v) is 9.82. The van der Waals surface area contributed by atoms with Gasteiger partial charge in [0.15, 0.2) is 0 Å². The van der Waals surface area contributed by atoms with Crippen LogP contribution < -0.4 is 4.90 Å². The highest BCUT2D eigenvalue weighted by Crippen LogP contribution is 2.58. The van der Waals surface area contributed by atoms with E-state index in [1.165, 1.54) is 77.2 Å². The number of rotatable bonds is 8. The Bertz CT molecular complexity index is 3310. The first kappa shape index (κ1) is 36.5. The lowest BCUT2D eigenvalue weighted by Crippen LogP contribution is -2.10. The molecule has 0 spiro atoms. The van der Waals surface area contributed by atoms with E-state index in [1.807, 2.05) is 36.9 Å². The van der Waals surface area contributed by atoms with Gasteiger partial charge >= 0.3 is 0 Å². The van der Waals surface area contributed by atoms with Crippen LogP contribution in [0.1, 0.15) is 0 Å². The summed E-state index contributed by atoms with van der Waals surface area (Å²) in [7, 11) is 0. The molecule has 9 aromatic carbocycles. The lowest BCUT2D eigenvalue weighted by Gasteiger charge is -2.27. The summed E-state index contributed by atoms with van der Waals surface area (Å²) in [6.07, 6.45) is 7.50. The van der Waals surface area contributed by atoms with Crippen molar-refractivity contribution in [2.45, 2.75) is 0 Å². The third kappa shape index (κ3) is 6.21. The third-order valence-electron chi connectivity index (χ3n) is 12.5. The molecule has 0 N–H and O–H groups in total. The van der Waals surface area contributed by atoms with Gasteiger partial charge in [-0.3, -0.25) is 9.97 Å². The standard InChI is InChI=1S/C60H39N3/c1-4-15-41(16-5-1)56-52-23-10-11-24-53(52)57(42-17-6-2-7-18-42)60-55-32-31-50(51-25-12-26-54(58(51)55)59(56)60)40-27-29-48(30-28-40)63(47-21-8-3-9-22-47)49-36-45(43-19-13-33-61-38-43)35-46(37-49)44-20-14-34-62-39-44/h1-39H. The van der Waals surface area contributed by atoms with Crippen molar-refractivity contribution in [3.05, 3.63) is 237 Å². The zero-order valence-corrected chi connectivity index (χ0v) is 34.4. The largest absolute Gasteiger partial charge is 0.310 e.